The molecule has 2 N–H and O–H groups in total. The molecule has 1 aliphatic carbocycles. The van der Waals surface area contributed by atoms with Crippen LogP contribution in [-0.4, -0.2) is 39.7 Å². The van der Waals surface area contributed by atoms with Gasteiger partial charge >= 0.3 is 0 Å². The minimum absolute atomic E-state index is 0.0763. The van der Waals surface area contributed by atoms with E-state index in [1.165, 1.54) is 11.3 Å². The number of aryl methyl sites for hydroxylation is 1. The maximum atomic E-state index is 13.0. The lowest BCUT2D eigenvalue weighted by atomic mass is 10.1. The summed E-state index contributed by atoms with van der Waals surface area (Å²) in [4.78, 5) is 14.9. The highest BCUT2D eigenvalue weighted by Crippen LogP contribution is 2.30. The number of amides is 1. The van der Waals surface area contributed by atoms with Gasteiger partial charge in [0.15, 0.2) is 5.69 Å². The van der Waals surface area contributed by atoms with Crippen LogP contribution in [0.5, 0.6) is 0 Å². The van der Waals surface area contributed by atoms with Crippen LogP contribution in [0.2, 0.25) is 0 Å². The van der Waals surface area contributed by atoms with Gasteiger partial charge in [0.25, 0.3) is 5.91 Å². The molecule has 1 amide bonds. The number of carbonyl (C=O) groups is 1. The van der Waals surface area contributed by atoms with Crippen molar-refractivity contribution in [1.82, 2.24) is 14.7 Å². The fraction of sp³-hybridized carbons (Fsp3) is 0.474. The lowest BCUT2D eigenvalue weighted by Gasteiger charge is -2.29. The van der Waals surface area contributed by atoms with Crippen molar-refractivity contribution in [2.24, 2.45) is 5.73 Å². The predicted molar refractivity (Wildman–Crippen MR) is 93.4 cm³/mol. The van der Waals surface area contributed by atoms with E-state index < -0.39 is 0 Å². The Bertz CT molecular complexity index is 772. The SMILES string of the molecule is Cc1ccccc1-n1nc(C(=O)N2CCC(N)CC2)c2c1CCC2. The summed E-state index contributed by atoms with van der Waals surface area (Å²) in [5, 5.41) is 4.75. The maximum absolute atomic E-state index is 13.0. The molecule has 0 atom stereocenters. The number of benzene rings is 1. The molecule has 1 aliphatic heterocycles. The number of rotatable bonds is 2. The third-order valence-electron chi connectivity index (χ3n) is 5.30. The average molecular weight is 324 g/mol. The summed E-state index contributed by atoms with van der Waals surface area (Å²) in [6, 6.07) is 8.45. The van der Waals surface area contributed by atoms with Crippen LogP contribution in [0.15, 0.2) is 24.3 Å². The van der Waals surface area contributed by atoms with Gasteiger partial charge in [-0.15, -0.1) is 0 Å². The van der Waals surface area contributed by atoms with Crippen LogP contribution in [0.1, 0.15) is 46.6 Å². The molecule has 1 saturated heterocycles. The van der Waals surface area contributed by atoms with E-state index >= 15 is 0 Å². The first-order chi connectivity index (χ1) is 11.6. The Morgan fingerprint density at radius 1 is 1.21 bits per heavy atom. The number of carbonyl (C=O) groups excluding carboxylic acids is 1. The minimum atomic E-state index is 0.0763. The van der Waals surface area contributed by atoms with Crippen molar-refractivity contribution in [3.63, 3.8) is 0 Å². The number of para-hydroxylation sites is 1. The number of fused-ring (bicyclic) bond motifs is 1. The molecule has 1 aromatic heterocycles. The van der Waals surface area contributed by atoms with E-state index in [1.807, 2.05) is 21.7 Å². The first kappa shape index (κ1) is 15.4. The zero-order chi connectivity index (χ0) is 16.7. The molecule has 126 valence electrons. The highest BCUT2D eigenvalue weighted by atomic mass is 16.2. The first-order valence-corrected chi connectivity index (χ1v) is 8.87. The van der Waals surface area contributed by atoms with E-state index in [-0.39, 0.29) is 11.9 Å². The number of hydrogen-bond donors (Lipinski definition) is 1. The molecule has 1 fully saturated rings. The molecule has 4 rings (SSSR count). The van der Waals surface area contributed by atoms with Gasteiger partial charge in [-0.2, -0.15) is 5.10 Å². The number of nitrogens with zero attached hydrogens (tertiary/aromatic N) is 3. The van der Waals surface area contributed by atoms with Crippen molar-refractivity contribution in [2.75, 3.05) is 13.1 Å². The molecular formula is C19H24N4O. The van der Waals surface area contributed by atoms with Crippen LogP contribution in [0.4, 0.5) is 0 Å². The lowest BCUT2D eigenvalue weighted by Crippen LogP contribution is -2.43. The van der Waals surface area contributed by atoms with Gasteiger partial charge in [-0.25, -0.2) is 4.68 Å². The van der Waals surface area contributed by atoms with E-state index in [0.717, 1.165) is 56.4 Å². The number of piperidine rings is 1. The molecule has 2 aromatic rings. The van der Waals surface area contributed by atoms with Crippen LogP contribution < -0.4 is 5.73 Å². The van der Waals surface area contributed by atoms with Crippen molar-refractivity contribution >= 4 is 5.91 Å². The highest BCUT2D eigenvalue weighted by molar-refractivity contribution is 5.94. The lowest BCUT2D eigenvalue weighted by molar-refractivity contribution is 0.0707. The molecular weight excluding hydrogens is 300 g/mol. The Morgan fingerprint density at radius 2 is 1.96 bits per heavy atom. The van der Waals surface area contributed by atoms with Gasteiger partial charge in [0.1, 0.15) is 0 Å². The van der Waals surface area contributed by atoms with Crippen LogP contribution >= 0.6 is 0 Å². The Kier molecular flexibility index (Phi) is 3.88. The number of aromatic nitrogens is 2. The van der Waals surface area contributed by atoms with E-state index in [4.69, 9.17) is 10.8 Å². The van der Waals surface area contributed by atoms with Crippen LogP contribution in [0.3, 0.4) is 0 Å². The van der Waals surface area contributed by atoms with Crippen LogP contribution in [-0.2, 0) is 12.8 Å². The van der Waals surface area contributed by atoms with E-state index in [9.17, 15) is 4.79 Å². The summed E-state index contributed by atoms with van der Waals surface area (Å²) >= 11 is 0. The molecule has 0 unspecified atom stereocenters. The van der Waals surface area contributed by atoms with Crippen molar-refractivity contribution < 1.29 is 4.79 Å². The topological polar surface area (TPSA) is 64.2 Å². The molecule has 24 heavy (non-hydrogen) atoms. The van der Waals surface area contributed by atoms with Crippen molar-refractivity contribution in [1.29, 1.82) is 0 Å². The molecule has 2 heterocycles. The summed E-state index contributed by atoms with van der Waals surface area (Å²) in [6.45, 7) is 3.57. The van der Waals surface area contributed by atoms with Gasteiger partial charge in [0, 0.05) is 30.4 Å². The summed E-state index contributed by atoms with van der Waals surface area (Å²) < 4.78 is 2.00. The summed E-state index contributed by atoms with van der Waals surface area (Å²) in [7, 11) is 0. The van der Waals surface area contributed by atoms with Gasteiger partial charge in [-0.3, -0.25) is 4.79 Å². The monoisotopic (exact) mass is 324 g/mol. The Balaban J connectivity index is 1.71. The van der Waals surface area contributed by atoms with Gasteiger partial charge in [0.05, 0.1) is 5.69 Å². The summed E-state index contributed by atoms with van der Waals surface area (Å²) in [6.07, 6.45) is 4.81. The fourth-order valence-corrected chi connectivity index (χ4v) is 3.86. The second-order valence-electron chi connectivity index (χ2n) is 6.96. The van der Waals surface area contributed by atoms with Crippen LogP contribution in [0, 0.1) is 6.92 Å². The normalized spacial score (nSPS) is 18.0. The Hall–Kier alpha value is -2.14. The van der Waals surface area contributed by atoms with E-state index in [2.05, 4.69) is 19.1 Å². The molecule has 5 nitrogen and oxygen atoms in total. The average Bonchev–Trinajstić information content (AvgIpc) is 3.18. The van der Waals surface area contributed by atoms with Crippen molar-refractivity contribution in [3.05, 3.63) is 46.8 Å². The maximum Gasteiger partial charge on any atom is 0.274 e. The van der Waals surface area contributed by atoms with Gasteiger partial charge in [0.2, 0.25) is 0 Å². The van der Waals surface area contributed by atoms with E-state index in [0.29, 0.717) is 5.69 Å². The van der Waals surface area contributed by atoms with Gasteiger partial charge in [-0.1, -0.05) is 18.2 Å². The highest BCUT2D eigenvalue weighted by Gasteiger charge is 2.31. The quantitative estimate of drug-likeness (QED) is 0.921. The van der Waals surface area contributed by atoms with E-state index in [1.54, 1.807) is 0 Å². The summed E-state index contributed by atoms with van der Waals surface area (Å²) in [5.74, 6) is 0.0763. The van der Waals surface area contributed by atoms with Crippen LogP contribution in [0.25, 0.3) is 5.69 Å². The molecule has 1 aromatic carbocycles. The number of nitrogens with two attached hydrogens (primary N) is 1. The van der Waals surface area contributed by atoms with Gasteiger partial charge < -0.3 is 10.6 Å². The number of hydrogen-bond acceptors (Lipinski definition) is 3. The smallest absolute Gasteiger partial charge is 0.274 e. The molecule has 5 heteroatoms. The molecule has 2 aliphatic rings. The minimum Gasteiger partial charge on any atom is -0.337 e. The third-order valence-corrected chi connectivity index (χ3v) is 5.30. The standard InChI is InChI=1S/C19H24N4O/c1-13-5-2-3-7-16(13)23-17-8-4-6-15(17)18(21-23)19(24)22-11-9-14(20)10-12-22/h2-3,5,7,14H,4,6,8-12,20H2,1H3. The molecule has 0 bridgehead atoms. The first-order valence-electron chi connectivity index (χ1n) is 8.87. The summed E-state index contributed by atoms with van der Waals surface area (Å²) in [5.41, 5.74) is 11.2. The Labute approximate surface area is 142 Å². The third kappa shape index (κ3) is 2.53. The largest absolute Gasteiger partial charge is 0.337 e. The van der Waals surface area contributed by atoms with Crippen molar-refractivity contribution in [3.8, 4) is 5.69 Å². The Morgan fingerprint density at radius 3 is 2.71 bits per heavy atom. The number of likely N-dealkylation sites (tertiary alicyclic amines) is 1. The second-order valence-corrected chi connectivity index (χ2v) is 6.96. The molecule has 0 radical (unpaired) electrons. The van der Waals surface area contributed by atoms with Gasteiger partial charge in [-0.05, 0) is 50.7 Å². The van der Waals surface area contributed by atoms with Crippen molar-refractivity contribution in [2.45, 2.75) is 45.1 Å². The second kappa shape index (κ2) is 6.06. The fourth-order valence-electron chi connectivity index (χ4n) is 3.86. The predicted octanol–water partition coefficient (Wildman–Crippen LogP) is 2.23. The zero-order valence-electron chi connectivity index (χ0n) is 14.2. The molecule has 0 spiro atoms. The zero-order valence-corrected chi connectivity index (χ0v) is 14.2. The molecule has 0 saturated carbocycles.